The van der Waals surface area contributed by atoms with Gasteiger partial charge in [-0.15, -0.1) is 0 Å². The van der Waals surface area contributed by atoms with Crippen LogP contribution in [0.4, 0.5) is 4.79 Å². The first-order valence-electron chi connectivity index (χ1n) is 12.1. The highest BCUT2D eigenvalue weighted by Crippen LogP contribution is 2.47. The number of carbonyl (C=O) groups is 4. The van der Waals surface area contributed by atoms with Crippen molar-refractivity contribution in [3.63, 3.8) is 0 Å². The predicted molar refractivity (Wildman–Crippen MR) is 137 cm³/mol. The van der Waals surface area contributed by atoms with Crippen LogP contribution in [-0.4, -0.2) is 41.4 Å². The molecule has 1 N–H and O–H groups in total. The molecule has 0 radical (unpaired) electrons. The average Bonchev–Trinajstić information content (AvgIpc) is 3.47. The van der Waals surface area contributed by atoms with Crippen molar-refractivity contribution in [2.45, 2.75) is 38.6 Å². The van der Waals surface area contributed by atoms with E-state index in [0.29, 0.717) is 16.5 Å². The molecule has 1 aliphatic heterocycles. The van der Waals surface area contributed by atoms with E-state index in [4.69, 9.17) is 32.7 Å². The molecule has 0 aromatic heterocycles. The van der Waals surface area contributed by atoms with Crippen LogP contribution in [0.25, 0.3) is 6.08 Å². The number of ether oxygens (including phenoxy) is 2. The maximum absolute atomic E-state index is 13.3. The standard InChI is InChI=1S/C27H24Cl2N2O6/c1-2-36-23-12-15(4-8-22(23)37-26(34)18-7-6-17(28)13-20(18)29)10-19-24(32)30-27(35)31(25(19)33)21-11-14-3-5-16(21)9-14/h4,6-8,10,12-14,16,21H,2-3,5,9,11H2,1H3,(H,30,32,35)/b19-10+/t14-,16-,21-/m0/s1. The smallest absolute Gasteiger partial charge is 0.345 e. The molecule has 37 heavy (non-hydrogen) atoms. The number of imide groups is 2. The van der Waals surface area contributed by atoms with Gasteiger partial charge in [0.15, 0.2) is 11.5 Å². The van der Waals surface area contributed by atoms with E-state index >= 15 is 0 Å². The minimum absolute atomic E-state index is 0.134. The number of nitrogens with zero attached hydrogens (tertiary/aromatic N) is 1. The number of esters is 1. The fourth-order valence-electron chi connectivity index (χ4n) is 5.44. The molecule has 4 amide bonds. The minimum atomic E-state index is -0.750. The Kier molecular flexibility index (Phi) is 6.96. The molecular weight excluding hydrogens is 519 g/mol. The van der Waals surface area contributed by atoms with Gasteiger partial charge in [0.05, 0.1) is 17.2 Å². The molecule has 2 bridgehead atoms. The molecule has 1 saturated heterocycles. The number of urea groups is 1. The number of benzene rings is 2. The lowest BCUT2D eigenvalue weighted by Crippen LogP contribution is -2.58. The summed E-state index contributed by atoms with van der Waals surface area (Å²) in [6.07, 6.45) is 5.30. The van der Waals surface area contributed by atoms with E-state index in [1.54, 1.807) is 19.1 Å². The van der Waals surface area contributed by atoms with Gasteiger partial charge in [0.2, 0.25) is 0 Å². The quantitative estimate of drug-likeness (QED) is 0.231. The summed E-state index contributed by atoms with van der Waals surface area (Å²) < 4.78 is 11.2. The summed E-state index contributed by atoms with van der Waals surface area (Å²) in [5.74, 6) is -0.875. The summed E-state index contributed by atoms with van der Waals surface area (Å²) in [5.41, 5.74) is 0.464. The van der Waals surface area contributed by atoms with Crippen molar-refractivity contribution in [1.82, 2.24) is 10.2 Å². The van der Waals surface area contributed by atoms with Crippen molar-refractivity contribution in [3.05, 3.63) is 63.1 Å². The van der Waals surface area contributed by atoms with Crippen LogP contribution in [0.2, 0.25) is 10.0 Å². The minimum Gasteiger partial charge on any atom is -0.490 e. The van der Waals surface area contributed by atoms with E-state index in [0.717, 1.165) is 25.7 Å². The summed E-state index contributed by atoms with van der Waals surface area (Å²) >= 11 is 12.0. The lowest BCUT2D eigenvalue weighted by Gasteiger charge is -2.35. The Hall–Kier alpha value is -3.36. The van der Waals surface area contributed by atoms with E-state index in [-0.39, 0.29) is 46.2 Å². The lowest BCUT2D eigenvalue weighted by molar-refractivity contribution is -0.132. The van der Waals surface area contributed by atoms with Crippen molar-refractivity contribution >= 4 is 53.1 Å². The molecule has 3 fully saturated rings. The van der Waals surface area contributed by atoms with Crippen molar-refractivity contribution < 1.29 is 28.7 Å². The van der Waals surface area contributed by atoms with Crippen LogP contribution in [0.3, 0.4) is 0 Å². The number of rotatable bonds is 6. The predicted octanol–water partition coefficient (Wildman–Crippen LogP) is 5.26. The van der Waals surface area contributed by atoms with Crippen LogP contribution < -0.4 is 14.8 Å². The molecule has 3 atom stereocenters. The molecule has 0 spiro atoms. The number of amides is 4. The SMILES string of the molecule is CCOc1cc(/C=C2\C(=O)NC(=O)N([C@H]3C[C@H]4CC[C@H]3C4)C2=O)ccc1OC(=O)c1ccc(Cl)cc1Cl. The molecule has 192 valence electrons. The normalized spacial score (nSPS) is 24.0. The molecule has 2 saturated carbocycles. The number of nitrogens with one attached hydrogen (secondary N) is 1. The van der Waals surface area contributed by atoms with Crippen molar-refractivity contribution in [2.24, 2.45) is 11.8 Å². The Morgan fingerprint density at radius 2 is 1.89 bits per heavy atom. The van der Waals surface area contributed by atoms with Crippen molar-refractivity contribution in [3.8, 4) is 11.5 Å². The van der Waals surface area contributed by atoms with Gasteiger partial charge >= 0.3 is 12.0 Å². The zero-order chi connectivity index (χ0) is 26.3. The first-order chi connectivity index (χ1) is 17.7. The molecule has 2 aliphatic carbocycles. The van der Waals surface area contributed by atoms with E-state index < -0.39 is 23.8 Å². The van der Waals surface area contributed by atoms with Gasteiger partial charge in [-0.2, -0.15) is 0 Å². The fourth-order valence-corrected chi connectivity index (χ4v) is 5.93. The molecule has 10 heteroatoms. The summed E-state index contributed by atoms with van der Waals surface area (Å²) in [5, 5.41) is 2.84. The van der Waals surface area contributed by atoms with Crippen LogP contribution in [-0.2, 0) is 9.59 Å². The number of carbonyl (C=O) groups excluding carboxylic acids is 4. The second-order valence-corrected chi connectivity index (χ2v) is 10.2. The van der Waals surface area contributed by atoms with Gasteiger partial charge < -0.3 is 9.47 Å². The molecule has 1 heterocycles. The zero-order valence-electron chi connectivity index (χ0n) is 20.0. The Bertz CT molecular complexity index is 1340. The van der Waals surface area contributed by atoms with Gasteiger partial charge in [-0.3, -0.25) is 19.8 Å². The molecule has 2 aromatic carbocycles. The summed E-state index contributed by atoms with van der Waals surface area (Å²) in [7, 11) is 0. The number of fused-ring (bicyclic) bond motifs is 2. The van der Waals surface area contributed by atoms with Crippen LogP contribution in [0.5, 0.6) is 11.5 Å². The average molecular weight is 543 g/mol. The third-order valence-electron chi connectivity index (χ3n) is 7.10. The molecule has 2 aromatic rings. The van der Waals surface area contributed by atoms with Crippen LogP contribution in [0.1, 0.15) is 48.5 Å². The Balaban J connectivity index is 1.41. The van der Waals surface area contributed by atoms with Gasteiger partial charge in [-0.05, 0) is 80.0 Å². The molecule has 3 aliphatic rings. The maximum atomic E-state index is 13.3. The first kappa shape index (κ1) is 25.3. The van der Waals surface area contributed by atoms with E-state index in [1.807, 2.05) is 0 Å². The number of halogens is 2. The zero-order valence-corrected chi connectivity index (χ0v) is 21.5. The second-order valence-electron chi connectivity index (χ2n) is 9.39. The van der Waals surface area contributed by atoms with Gasteiger partial charge in [0.1, 0.15) is 5.57 Å². The first-order valence-corrected chi connectivity index (χ1v) is 12.9. The highest BCUT2D eigenvalue weighted by atomic mass is 35.5. The highest BCUT2D eigenvalue weighted by molar-refractivity contribution is 6.36. The van der Waals surface area contributed by atoms with E-state index in [1.165, 1.54) is 35.2 Å². The molecule has 0 unspecified atom stereocenters. The highest BCUT2D eigenvalue weighted by Gasteiger charge is 2.49. The topological polar surface area (TPSA) is 102 Å². The van der Waals surface area contributed by atoms with Crippen molar-refractivity contribution in [1.29, 1.82) is 0 Å². The number of barbiturate groups is 1. The Morgan fingerprint density at radius 3 is 2.57 bits per heavy atom. The monoisotopic (exact) mass is 542 g/mol. The van der Waals surface area contributed by atoms with Gasteiger partial charge in [0, 0.05) is 11.1 Å². The summed E-state index contributed by atoms with van der Waals surface area (Å²) in [4.78, 5) is 52.4. The van der Waals surface area contributed by atoms with E-state index in [9.17, 15) is 19.2 Å². The number of hydrogen-bond donors (Lipinski definition) is 1. The lowest BCUT2D eigenvalue weighted by atomic mass is 9.93. The number of hydrogen-bond acceptors (Lipinski definition) is 6. The molecular formula is C27H24Cl2N2O6. The fraction of sp³-hybridized carbons (Fsp3) is 0.333. The van der Waals surface area contributed by atoms with Gasteiger partial charge in [-0.25, -0.2) is 9.59 Å². The molecule has 8 nitrogen and oxygen atoms in total. The summed E-state index contributed by atoms with van der Waals surface area (Å²) in [6, 6.07) is 8.22. The van der Waals surface area contributed by atoms with Gasteiger partial charge in [0.25, 0.3) is 11.8 Å². The third kappa shape index (κ3) is 4.95. The van der Waals surface area contributed by atoms with Crippen LogP contribution in [0.15, 0.2) is 42.0 Å². The summed E-state index contributed by atoms with van der Waals surface area (Å²) in [6.45, 7) is 2.04. The Morgan fingerprint density at radius 1 is 1.08 bits per heavy atom. The van der Waals surface area contributed by atoms with Gasteiger partial charge in [-0.1, -0.05) is 35.7 Å². The van der Waals surface area contributed by atoms with Crippen molar-refractivity contribution in [2.75, 3.05) is 6.61 Å². The Labute approximate surface area is 223 Å². The molecule has 5 rings (SSSR count). The largest absolute Gasteiger partial charge is 0.490 e. The maximum Gasteiger partial charge on any atom is 0.345 e. The van der Waals surface area contributed by atoms with Crippen LogP contribution in [0, 0.1) is 11.8 Å². The second kappa shape index (κ2) is 10.2. The third-order valence-corrected chi connectivity index (χ3v) is 7.65. The van der Waals surface area contributed by atoms with E-state index in [2.05, 4.69) is 5.32 Å². The van der Waals surface area contributed by atoms with Crippen LogP contribution >= 0.6 is 23.2 Å².